The van der Waals surface area contributed by atoms with Gasteiger partial charge in [0.1, 0.15) is 0 Å². The van der Waals surface area contributed by atoms with Crippen molar-refractivity contribution in [2.75, 3.05) is 27.2 Å². The summed E-state index contributed by atoms with van der Waals surface area (Å²) in [5.74, 6) is 0.636. The van der Waals surface area contributed by atoms with E-state index < -0.39 is 0 Å². The molecule has 3 aliphatic rings. The summed E-state index contributed by atoms with van der Waals surface area (Å²) in [6.45, 7) is 3.32. The minimum atomic E-state index is -0.306. The van der Waals surface area contributed by atoms with E-state index in [0.29, 0.717) is 18.0 Å². The molecule has 1 aliphatic carbocycles. The zero-order chi connectivity index (χ0) is 19.3. The monoisotopic (exact) mass is 371 g/mol. The van der Waals surface area contributed by atoms with Crippen molar-refractivity contribution < 1.29 is 9.90 Å². The number of fused-ring (bicyclic) bond motifs is 3. The lowest BCUT2D eigenvalue weighted by molar-refractivity contribution is -0.135. The van der Waals surface area contributed by atoms with Crippen LogP contribution in [0.2, 0.25) is 0 Å². The Labute approximate surface area is 160 Å². The van der Waals surface area contributed by atoms with Crippen LogP contribution in [0.1, 0.15) is 37.1 Å². The Morgan fingerprint density at radius 3 is 2.67 bits per heavy atom. The van der Waals surface area contributed by atoms with Gasteiger partial charge < -0.3 is 14.6 Å². The van der Waals surface area contributed by atoms with Crippen LogP contribution in [-0.2, 0) is 11.3 Å². The molecule has 0 spiro atoms. The van der Waals surface area contributed by atoms with Gasteiger partial charge in [-0.1, -0.05) is 12.2 Å². The largest absolute Gasteiger partial charge is 0.396 e. The van der Waals surface area contributed by atoms with Gasteiger partial charge in [0, 0.05) is 56.9 Å². The van der Waals surface area contributed by atoms with E-state index in [2.05, 4.69) is 4.90 Å². The minimum Gasteiger partial charge on any atom is -0.396 e. The second-order valence-corrected chi connectivity index (χ2v) is 8.40. The summed E-state index contributed by atoms with van der Waals surface area (Å²) in [4.78, 5) is 29.8. The molecule has 1 N–H and O–H groups in total. The number of carbonyl (C=O) groups is 1. The SMILES string of the molecule is C/C=C\c1ccc2n(c1=O)C[C@@H]1[C@@H](CO)[C@H](C(=O)N(C)C)N(CC3CC3)[C@H]21. The number of aliphatic hydroxyl groups excluding tert-OH is 1. The Bertz CT molecular complexity index is 824. The minimum absolute atomic E-state index is 0.0264. The van der Waals surface area contributed by atoms with Crippen LogP contribution in [0, 0.1) is 17.8 Å². The predicted octanol–water partition coefficient (Wildman–Crippen LogP) is 1.34. The van der Waals surface area contributed by atoms with Crippen LogP contribution in [0.4, 0.5) is 0 Å². The zero-order valence-corrected chi connectivity index (χ0v) is 16.3. The molecule has 3 heterocycles. The lowest BCUT2D eigenvalue weighted by Gasteiger charge is -2.32. The second-order valence-electron chi connectivity index (χ2n) is 8.40. The molecule has 6 heteroatoms. The van der Waals surface area contributed by atoms with E-state index in [1.54, 1.807) is 19.0 Å². The number of pyridine rings is 1. The van der Waals surface area contributed by atoms with Crippen molar-refractivity contribution in [3.63, 3.8) is 0 Å². The summed E-state index contributed by atoms with van der Waals surface area (Å²) < 4.78 is 1.86. The quantitative estimate of drug-likeness (QED) is 0.848. The van der Waals surface area contributed by atoms with E-state index in [1.807, 2.05) is 35.8 Å². The maximum Gasteiger partial charge on any atom is 0.258 e. The van der Waals surface area contributed by atoms with E-state index >= 15 is 0 Å². The van der Waals surface area contributed by atoms with Gasteiger partial charge in [0.25, 0.3) is 5.56 Å². The van der Waals surface area contributed by atoms with Crippen LogP contribution in [0.15, 0.2) is 23.0 Å². The molecule has 6 nitrogen and oxygen atoms in total. The summed E-state index contributed by atoms with van der Waals surface area (Å²) >= 11 is 0. The fraction of sp³-hybridized carbons (Fsp3) is 0.619. The highest BCUT2D eigenvalue weighted by Crippen LogP contribution is 2.50. The number of rotatable bonds is 5. The first-order valence-electron chi connectivity index (χ1n) is 9.92. The fourth-order valence-corrected chi connectivity index (χ4v) is 4.98. The molecule has 1 aromatic rings. The molecule has 4 atom stereocenters. The van der Waals surface area contributed by atoms with Crippen LogP contribution in [0.5, 0.6) is 0 Å². The van der Waals surface area contributed by atoms with E-state index in [4.69, 9.17) is 0 Å². The van der Waals surface area contributed by atoms with Crippen molar-refractivity contribution in [3.05, 3.63) is 39.8 Å². The molecule has 0 bridgehead atoms. The first-order chi connectivity index (χ1) is 13.0. The van der Waals surface area contributed by atoms with Gasteiger partial charge in [-0.05, 0) is 37.8 Å². The van der Waals surface area contributed by atoms with Crippen molar-refractivity contribution in [3.8, 4) is 0 Å². The number of hydrogen-bond donors (Lipinski definition) is 1. The Balaban J connectivity index is 1.78. The van der Waals surface area contributed by atoms with Crippen LogP contribution in [0.3, 0.4) is 0 Å². The number of aromatic nitrogens is 1. The van der Waals surface area contributed by atoms with Gasteiger partial charge >= 0.3 is 0 Å². The summed E-state index contributed by atoms with van der Waals surface area (Å²) in [6.07, 6.45) is 6.12. The topological polar surface area (TPSA) is 65.8 Å². The van der Waals surface area contributed by atoms with E-state index in [-0.39, 0.29) is 42.0 Å². The molecule has 2 fully saturated rings. The Morgan fingerprint density at radius 2 is 2.07 bits per heavy atom. The number of likely N-dealkylation sites (N-methyl/N-ethyl adjacent to an activating group) is 1. The third kappa shape index (κ3) is 2.95. The summed E-state index contributed by atoms with van der Waals surface area (Å²) in [6, 6.07) is 3.66. The average Bonchev–Trinajstić information content (AvgIpc) is 3.30. The number of allylic oxidation sites excluding steroid dienone is 1. The van der Waals surface area contributed by atoms with Gasteiger partial charge in [-0.15, -0.1) is 0 Å². The van der Waals surface area contributed by atoms with Crippen molar-refractivity contribution in [1.82, 2.24) is 14.4 Å². The Morgan fingerprint density at radius 1 is 1.33 bits per heavy atom. The third-order valence-corrected chi connectivity index (χ3v) is 6.43. The highest BCUT2D eigenvalue weighted by Gasteiger charge is 2.56. The molecule has 1 amide bonds. The Kier molecular flexibility index (Phi) is 4.72. The number of aliphatic hydroxyl groups is 1. The molecular weight excluding hydrogens is 342 g/mol. The summed E-state index contributed by atoms with van der Waals surface area (Å²) in [7, 11) is 3.56. The average molecular weight is 371 g/mol. The molecule has 2 aliphatic heterocycles. The number of likely N-dealkylation sites (tertiary alicyclic amines) is 1. The molecule has 1 aromatic heterocycles. The number of amides is 1. The highest BCUT2D eigenvalue weighted by atomic mass is 16.3. The van der Waals surface area contributed by atoms with Gasteiger partial charge in [-0.3, -0.25) is 14.5 Å². The molecule has 4 rings (SSSR count). The Hall–Kier alpha value is -1.92. The van der Waals surface area contributed by atoms with Crippen LogP contribution >= 0.6 is 0 Å². The first kappa shape index (κ1) is 18.4. The second kappa shape index (κ2) is 6.91. The highest BCUT2D eigenvalue weighted by molar-refractivity contribution is 5.82. The van der Waals surface area contributed by atoms with E-state index in [1.165, 1.54) is 12.8 Å². The maximum atomic E-state index is 13.0. The molecule has 1 saturated carbocycles. The molecule has 0 radical (unpaired) electrons. The van der Waals surface area contributed by atoms with Crippen molar-refractivity contribution in [1.29, 1.82) is 0 Å². The van der Waals surface area contributed by atoms with Crippen molar-refractivity contribution >= 4 is 12.0 Å². The van der Waals surface area contributed by atoms with Crippen molar-refractivity contribution in [2.45, 2.75) is 38.4 Å². The van der Waals surface area contributed by atoms with Crippen LogP contribution < -0.4 is 5.56 Å². The van der Waals surface area contributed by atoms with Gasteiger partial charge in [0.05, 0.1) is 12.1 Å². The van der Waals surface area contributed by atoms with Crippen LogP contribution in [0.25, 0.3) is 6.08 Å². The number of carbonyl (C=O) groups excluding carboxylic acids is 1. The first-order valence-corrected chi connectivity index (χ1v) is 9.92. The summed E-state index contributed by atoms with van der Waals surface area (Å²) in [5.41, 5.74) is 1.71. The van der Waals surface area contributed by atoms with Gasteiger partial charge in [-0.2, -0.15) is 0 Å². The zero-order valence-electron chi connectivity index (χ0n) is 16.3. The lowest BCUT2D eigenvalue weighted by Crippen LogP contribution is -2.48. The standard InChI is InChI=1S/C21H29N3O3/c1-4-5-14-8-9-17-18-15(11-23(17)20(14)26)16(12-25)19(21(27)22(2)3)24(18)10-13-6-7-13/h4-5,8-9,13,15-16,18-19,25H,6-7,10-12H2,1-3H3/b5-4-/t15-,16-,18+,19-/m1/s1. The normalized spacial score (nSPS) is 29.9. The number of hydrogen-bond acceptors (Lipinski definition) is 4. The third-order valence-electron chi connectivity index (χ3n) is 6.43. The maximum absolute atomic E-state index is 13.0. The van der Waals surface area contributed by atoms with Crippen LogP contribution in [-0.4, -0.2) is 58.7 Å². The molecular formula is C21H29N3O3. The van der Waals surface area contributed by atoms with Gasteiger partial charge in [-0.25, -0.2) is 0 Å². The lowest BCUT2D eigenvalue weighted by atomic mass is 9.88. The van der Waals surface area contributed by atoms with Crippen molar-refractivity contribution in [2.24, 2.45) is 17.8 Å². The fourth-order valence-electron chi connectivity index (χ4n) is 4.98. The van der Waals surface area contributed by atoms with E-state index in [0.717, 1.165) is 12.2 Å². The van der Waals surface area contributed by atoms with Gasteiger partial charge in [0.2, 0.25) is 5.91 Å². The smallest absolute Gasteiger partial charge is 0.258 e. The number of nitrogens with zero attached hydrogens (tertiary/aromatic N) is 3. The van der Waals surface area contributed by atoms with E-state index in [9.17, 15) is 14.7 Å². The molecule has 1 saturated heterocycles. The molecule has 27 heavy (non-hydrogen) atoms. The molecule has 0 unspecified atom stereocenters. The van der Waals surface area contributed by atoms with Gasteiger partial charge in [0.15, 0.2) is 0 Å². The molecule has 0 aromatic carbocycles. The molecule has 146 valence electrons. The summed E-state index contributed by atoms with van der Waals surface area (Å²) in [5, 5.41) is 10.2. The predicted molar refractivity (Wildman–Crippen MR) is 104 cm³/mol.